The Morgan fingerprint density at radius 1 is 1.16 bits per heavy atom. The van der Waals surface area contributed by atoms with E-state index in [0.717, 1.165) is 25.7 Å². The lowest BCUT2D eigenvalue weighted by molar-refractivity contribution is -0.137. The minimum absolute atomic E-state index is 0.0198. The van der Waals surface area contributed by atoms with Crippen LogP contribution in [-0.2, 0) is 9.59 Å². The van der Waals surface area contributed by atoms with Crippen LogP contribution in [0.1, 0.15) is 55.8 Å². The van der Waals surface area contributed by atoms with Crippen molar-refractivity contribution in [1.29, 1.82) is 0 Å². The minimum Gasteiger partial charge on any atom is -0.481 e. The SMILES string of the molecule is CC1CC1C(=O)Nc1cccc(C(=O)NCCCCCCC(=O)O)c1. The van der Waals surface area contributed by atoms with Gasteiger partial charge in [-0.1, -0.05) is 25.8 Å². The lowest BCUT2D eigenvalue weighted by atomic mass is 10.1. The first-order chi connectivity index (χ1) is 12.0. The number of hydrogen-bond acceptors (Lipinski definition) is 3. The molecule has 0 radical (unpaired) electrons. The van der Waals surface area contributed by atoms with Crippen molar-refractivity contribution < 1.29 is 19.5 Å². The summed E-state index contributed by atoms with van der Waals surface area (Å²) in [6.07, 6.45) is 4.36. The summed E-state index contributed by atoms with van der Waals surface area (Å²) in [5.74, 6) is -0.371. The van der Waals surface area contributed by atoms with Gasteiger partial charge in [-0.05, 0) is 43.4 Å². The van der Waals surface area contributed by atoms with E-state index in [1.165, 1.54) is 0 Å². The molecule has 0 spiro atoms. The summed E-state index contributed by atoms with van der Waals surface area (Å²) >= 11 is 0. The standard InChI is InChI=1S/C19H26N2O4/c1-13-11-16(13)19(25)21-15-8-6-7-14(12-15)18(24)20-10-5-3-2-4-9-17(22)23/h6-8,12-13,16H,2-5,9-11H2,1H3,(H,20,24)(H,21,25)(H,22,23). The molecule has 6 heteroatoms. The van der Waals surface area contributed by atoms with E-state index >= 15 is 0 Å². The molecule has 2 rings (SSSR count). The number of carbonyl (C=O) groups is 3. The van der Waals surface area contributed by atoms with E-state index in [2.05, 4.69) is 17.6 Å². The Labute approximate surface area is 148 Å². The summed E-state index contributed by atoms with van der Waals surface area (Å²) < 4.78 is 0. The fourth-order valence-electron chi connectivity index (χ4n) is 2.72. The highest BCUT2D eigenvalue weighted by atomic mass is 16.4. The van der Waals surface area contributed by atoms with E-state index < -0.39 is 5.97 Å². The van der Waals surface area contributed by atoms with Crippen LogP contribution in [0.25, 0.3) is 0 Å². The first-order valence-electron chi connectivity index (χ1n) is 8.88. The molecule has 3 N–H and O–H groups in total. The summed E-state index contributed by atoms with van der Waals surface area (Å²) in [6, 6.07) is 6.95. The average molecular weight is 346 g/mol. The van der Waals surface area contributed by atoms with Crippen LogP contribution in [0.2, 0.25) is 0 Å². The lowest BCUT2D eigenvalue weighted by Gasteiger charge is -2.08. The number of anilines is 1. The van der Waals surface area contributed by atoms with E-state index in [-0.39, 0.29) is 24.2 Å². The molecule has 0 aliphatic heterocycles. The largest absolute Gasteiger partial charge is 0.481 e. The van der Waals surface area contributed by atoms with Crippen LogP contribution in [0, 0.1) is 11.8 Å². The molecular formula is C19H26N2O4. The van der Waals surface area contributed by atoms with Gasteiger partial charge in [0.1, 0.15) is 0 Å². The Bertz CT molecular complexity index is 630. The highest BCUT2D eigenvalue weighted by Crippen LogP contribution is 2.38. The summed E-state index contributed by atoms with van der Waals surface area (Å²) in [5, 5.41) is 14.3. The Balaban J connectivity index is 1.69. The second-order valence-electron chi connectivity index (χ2n) is 6.70. The van der Waals surface area contributed by atoms with Gasteiger partial charge >= 0.3 is 5.97 Å². The van der Waals surface area contributed by atoms with E-state index in [1.807, 2.05) is 0 Å². The predicted octanol–water partition coefficient (Wildman–Crippen LogP) is 3.05. The second kappa shape index (κ2) is 9.20. The first kappa shape index (κ1) is 19.0. The smallest absolute Gasteiger partial charge is 0.303 e. The van der Waals surface area contributed by atoms with Crippen LogP contribution in [-0.4, -0.2) is 29.4 Å². The van der Waals surface area contributed by atoms with Crippen molar-refractivity contribution in [3.8, 4) is 0 Å². The van der Waals surface area contributed by atoms with Crippen LogP contribution in [0.3, 0.4) is 0 Å². The zero-order chi connectivity index (χ0) is 18.2. The summed E-state index contributed by atoms with van der Waals surface area (Å²) in [6.45, 7) is 2.61. The van der Waals surface area contributed by atoms with Gasteiger partial charge in [0.25, 0.3) is 5.91 Å². The van der Waals surface area contributed by atoms with Crippen LogP contribution < -0.4 is 10.6 Å². The van der Waals surface area contributed by atoms with Crippen molar-refractivity contribution in [2.75, 3.05) is 11.9 Å². The number of amides is 2. The summed E-state index contributed by atoms with van der Waals surface area (Å²) in [4.78, 5) is 34.5. The van der Waals surface area contributed by atoms with Crippen molar-refractivity contribution in [2.45, 2.75) is 45.4 Å². The van der Waals surface area contributed by atoms with Gasteiger partial charge in [-0.25, -0.2) is 0 Å². The molecule has 1 aliphatic rings. The number of carbonyl (C=O) groups excluding carboxylic acids is 2. The van der Waals surface area contributed by atoms with Crippen LogP contribution in [0.15, 0.2) is 24.3 Å². The first-order valence-corrected chi connectivity index (χ1v) is 8.88. The molecular weight excluding hydrogens is 320 g/mol. The molecule has 1 fully saturated rings. The topological polar surface area (TPSA) is 95.5 Å². The van der Waals surface area contributed by atoms with Crippen molar-refractivity contribution in [1.82, 2.24) is 5.32 Å². The van der Waals surface area contributed by atoms with Gasteiger partial charge in [0, 0.05) is 30.1 Å². The van der Waals surface area contributed by atoms with E-state index in [0.29, 0.717) is 30.1 Å². The van der Waals surface area contributed by atoms with E-state index in [9.17, 15) is 14.4 Å². The fourth-order valence-corrected chi connectivity index (χ4v) is 2.72. The number of nitrogens with one attached hydrogen (secondary N) is 2. The number of carboxylic acid groups (broad SMARTS) is 1. The number of rotatable bonds is 10. The van der Waals surface area contributed by atoms with Gasteiger partial charge in [0.15, 0.2) is 0 Å². The number of benzene rings is 1. The van der Waals surface area contributed by atoms with E-state index in [1.54, 1.807) is 24.3 Å². The van der Waals surface area contributed by atoms with Crippen LogP contribution in [0.4, 0.5) is 5.69 Å². The zero-order valence-electron chi connectivity index (χ0n) is 14.6. The highest BCUT2D eigenvalue weighted by molar-refractivity contribution is 5.98. The normalized spacial score (nSPS) is 18.4. The number of carboxylic acids is 1. The third-order valence-electron chi connectivity index (χ3n) is 4.44. The summed E-state index contributed by atoms with van der Waals surface area (Å²) in [5.41, 5.74) is 1.16. The second-order valence-corrected chi connectivity index (χ2v) is 6.70. The molecule has 0 bridgehead atoms. The molecule has 2 amide bonds. The highest BCUT2D eigenvalue weighted by Gasteiger charge is 2.39. The third-order valence-corrected chi connectivity index (χ3v) is 4.44. The Kier molecular flexibility index (Phi) is 6.98. The molecule has 2 unspecified atom stereocenters. The van der Waals surface area contributed by atoms with Gasteiger partial charge in [-0.2, -0.15) is 0 Å². The molecule has 2 atom stereocenters. The Morgan fingerprint density at radius 3 is 2.56 bits per heavy atom. The van der Waals surface area contributed by atoms with Gasteiger partial charge < -0.3 is 15.7 Å². The van der Waals surface area contributed by atoms with Gasteiger partial charge in [0.05, 0.1) is 0 Å². The number of aliphatic carboxylic acids is 1. The number of unbranched alkanes of at least 4 members (excludes halogenated alkanes) is 3. The maximum absolute atomic E-state index is 12.2. The molecule has 6 nitrogen and oxygen atoms in total. The number of hydrogen-bond donors (Lipinski definition) is 3. The molecule has 1 aromatic carbocycles. The molecule has 25 heavy (non-hydrogen) atoms. The van der Waals surface area contributed by atoms with Crippen molar-refractivity contribution in [3.05, 3.63) is 29.8 Å². The Morgan fingerprint density at radius 2 is 1.88 bits per heavy atom. The fraction of sp³-hybridized carbons (Fsp3) is 0.526. The molecule has 1 aromatic rings. The molecule has 136 valence electrons. The average Bonchev–Trinajstić information content (AvgIpc) is 3.31. The summed E-state index contributed by atoms with van der Waals surface area (Å²) in [7, 11) is 0. The predicted molar refractivity (Wildman–Crippen MR) is 95.4 cm³/mol. The molecule has 0 saturated heterocycles. The van der Waals surface area contributed by atoms with Crippen molar-refractivity contribution >= 4 is 23.5 Å². The van der Waals surface area contributed by atoms with Crippen molar-refractivity contribution in [2.24, 2.45) is 11.8 Å². The molecule has 0 aromatic heterocycles. The third kappa shape index (κ3) is 6.57. The van der Waals surface area contributed by atoms with Crippen LogP contribution in [0.5, 0.6) is 0 Å². The molecule has 0 heterocycles. The lowest BCUT2D eigenvalue weighted by Crippen LogP contribution is -2.24. The zero-order valence-corrected chi connectivity index (χ0v) is 14.6. The van der Waals surface area contributed by atoms with Crippen molar-refractivity contribution in [3.63, 3.8) is 0 Å². The van der Waals surface area contributed by atoms with Gasteiger partial charge in [-0.3, -0.25) is 14.4 Å². The maximum atomic E-state index is 12.2. The van der Waals surface area contributed by atoms with Gasteiger partial charge in [-0.15, -0.1) is 0 Å². The maximum Gasteiger partial charge on any atom is 0.303 e. The van der Waals surface area contributed by atoms with Crippen LogP contribution >= 0.6 is 0 Å². The van der Waals surface area contributed by atoms with Gasteiger partial charge in [0.2, 0.25) is 5.91 Å². The quantitative estimate of drug-likeness (QED) is 0.567. The Hall–Kier alpha value is -2.37. The monoisotopic (exact) mass is 346 g/mol. The minimum atomic E-state index is -0.767. The molecule has 1 saturated carbocycles. The molecule has 1 aliphatic carbocycles. The van der Waals surface area contributed by atoms with E-state index in [4.69, 9.17) is 5.11 Å².